The van der Waals surface area contributed by atoms with E-state index >= 15 is 0 Å². The standard InChI is InChI=1S/C22H22BrN3O4S/c1-30-18-7-6-13(10-16(18)23)20-15-11-26(19(28)12-31-9-8-27)17-5-3-2-4-14(17)21(15)25-22(29)24-20/h2-7,10,15,20,27H,8-9,11-12H2,1H3,(H,24,29). The first kappa shape index (κ1) is 21.9. The predicted octanol–water partition coefficient (Wildman–Crippen LogP) is 3.40. The Kier molecular flexibility index (Phi) is 6.64. The molecule has 0 spiro atoms. The second-order valence-corrected chi connectivity index (χ2v) is 9.18. The minimum atomic E-state index is -0.392. The number of aliphatic imine (C=N–C) groups is 1. The van der Waals surface area contributed by atoms with Gasteiger partial charge < -0.3 is 20.1 Å². The van der Waals surface area contributed by atoms with Crippen LogP contribution in [0.15, 0.2) is 51.9 Å². The van der Waals surface area contributed by atoms with Gasteiger partial charge in [0.05, 0.1) is 41.4 Å². The number of rotatable bonds is 6. The predicted molar refractivity (Wildman–Crippen MR) is 125 cm³/mol. The van der Waals surface area contributed by atoms with Crippen molar-refractivity contribution in [1.82, 2.24) is 5.32 Å². The molecule has 0 saturated heterocycles. The van der Waals surface area contributed by atoms with Gasteiger partial charge in [-0.25, -0.2) is 4.79 Å². The van der Waals surface area contributed by atoms with Gasteiger partial charge in [-0.15, -0.1) is 11.8 Å². The fourth-order valence-electron chi connectivity index (χ4n) is 4.02. The van der Waals surface area contributed by atoms with Gasteiger partial charge >= 0.3 is 6.03 Å². The van der Waals surface area contributed by atoms with Crippen LogP contribution >= 0.6 is 27.7 Å². The van der Waals surface area contributed by atoms with Crippen molar-refractivity contribution in [2.75, 3.05) is 36.7 Å². The number of carbonyl (C=O) groups excluding carboxylic acids is 2. The molecule has 162 valence electrons. The quantitative estimate of drug-likeness (QED) is 0.589. The summed E-state index contributed by atoms with van der Waals surface area (Å²) in [6.07, 6.45) is 0. The fourth-order valence-corrected chi connectivity index (χ4v) is 5.18. The molecule has 31 heavy (non-hydrogen) atoms. The molecule has 0 aromatic heterocycles. The molecule has 2 unspecified atom stereocenters. The molecule has 0 radical (unpaired) electrons. The second-order valence-electron chi connectivity index (χ2n) is 7.22. The lowest BCUT2D eigenvalue weighted by Gasteiger charge is -2.41. The van der Waals surface area contributed by atoms with Crippen LogP contribution in [0.3, 0.4) is 0 Å². The van der Waals surface area contributed by atoms with Crippen molar-refractivity contribution in [3.63, 3.8) is 0 Å². The number of benzene rings is 2. The summed E-state index contributed by atoms with van der Waals surface area (Å²) >= 11 is 4.92. The zero-order chi connectivity index (χ0) is 22.0. The third-order valence-corrected chi connectivity index (χ3v) is 6.94. The Morgan fingerprint density at radius 2 is 2.16 bits per heavy atom. The van der Waals surface area contributed by atoms with Crippen molar-refractivity contribution in [3.05, 3.63) is 58.1 Å². The highest BCUT2D eigenvalue weighted by Gasteiger charge is 2.41. The molecule has 2 aliphatic rings. The van der Waals surface area contributed by atoms with Crippen LogP contribution in [-0.4, -0.2) is 54.5 Å². The maximum atomic E-state index is 13.0. The summed E-state index contributed by atoms with van der Waals surface area (Å²) in [5.74, 6) is 1.26. The Labute approximate surface area is 193 Å². The van der Waals surface area contributed by atoms with Gasteiger partial charge in [-0.2, -0.15) is 4.99 Å². The average molecular weight is 504 g/mol. The second kappa shape index (κ2) is 9.42. The zero-order valence-corrected chi connectivity index (χ0v) is 19.3. The first-order valence-electron chi connectivity index (χ1n) is 9.84. The van der Waals surface area contributed by atoms with Crippen LogP contribution < -0.4 is 15.0 Å². The maximum Gasteiger partial charge on any atom is 0.341 e. The number of amides is 3. The number of thioether (sulfide) groups is 1. The van der Waals surface area contributed by atoms with E-state index in [0.717, 1.165) is 21.3 Å². The van der Waals surface area contributed by atoms with Crippen molar-refractivity contribution in [1.29, 1.82) is 0 Å². The maximum absolute atomic E-state index is 13.0. The number of hydrogen-bond donors (Lipinski definition) is 2. The number of anilines is 1. The molecule has 9 heteroatoms. The van der Waals surface area contributed by atoms with Gasteiger partial charge in [-0.1, -0.05) is 24.3 Å². The van der Waals surface area contributed by atoms with E-state index in [2.05, 4.69) is 26.2 Å². The lowest BCUT2D eigenvalue weighted by molar-refractivity contribution is -0.116. The Bertz CT molecular complexity index is 1050. The summed E-state index contributed by atoms with van der Waals surface area (Å²) < 4.78 is 6.11. The van der Waals surface area contributed by atoms with E-state index in [0.29, 0.717) is 23.8 Å². The Morgan fingerprint density at radius 1 is 1.35 bits per heavy atom. The molecule has 4 rings (SSSR count). The molecule has 2 aromatic rings. The van der Waals surface area contributed by atoms with Crippen molar-refractivity contribution in [2.24, 2.45) is 10.9 Å². The first-order valence-corrected chi connectivity index (χ1v) is 11.8. The van der Waals surface area contributed by atoms with E-state index in [9.17, 15) is 9.59 Å². The highest BCUT2D eigenvalue weighted by atomic mass is 79.9. The van der Waals surface area contributed by atoms with Gasteiger partial charge in [0.15, 0.2) is 0 Å². The van der Waals surface area contributed by atoms with Crippen LogP contribution in [0.2, 0.25) is 0 Å². The lowest BCUT2D eigenvalue weighted by Crippen LogP contribution is -2.51. The molecule has 0 aliphatic carbocycles. The van der Waals surface area contributed by atoms with Gasteiger partial charge in [0, 0.05) is 23.8 Å². The van der Waals surface area contributed by atoms with E-state index < -0.39 is 6.03 Å². The highest BCUT2D eigenvalue weighted by molar-refractivity contribution is 9.10. The van der Waals surface area contributed by atoms with E-state index in [4.69, 9.17) is 9.84 Å². The van der Waals surface area contributed by atoms with Gasteiger partial charge in [0.25, 0.3) is 0 Å². The smallest absolute Gasteiger partial charge is 0.341 e. The number of carbonyl (C=O) groups is 2. The van der Waals surface area contributed by atoms with Crippen molar-refractivity contribution < 1.29 is 19.4 Å². The number of nitrogens with one attached hydrogen (secondary N) is 1. The molecule has 2 N–H and O–H groups in total. The van der Waals surface area contributed by atoms with Crippen molar-refractivity contribution >= 4 is 51.0 Å². The average Bonchev–Trinajstić information content (AvgIpc) is 2.78. The molecule has 2 aromatic carbocycles. The molecule has 0 fully saturated rings. The largest absolute Gasteiger partial charge is 0.496 e. The number of para-hydroxylation sites is 1. The van der Waals surface area contributed by atoms with E-state index in [1.165, 1.54) is 11.8 Å². The Morgan fingerprint density at radius 3 is 2.90 bits per heavy atom. The lowest BCUT2D eigenvalue weighted by atomic mass is 9.81. The zero-order valence-electron chi connectivity index (χ0n) is 16.9. The number of aliphatic hydroxyl groups excluding tert-OH is 1. The number of urea groups is 1. The number of nitrogens with zero attached hydrogens (tertiary/aromatic N) is 2. The summed E-state index contributed by atoms with van der Waals surface area (Å²) in [7, 11) is 1.60. The monoisotopic (exact) mass is 503 g/mol. The van der Waals surface area contributed by atoms with Crippen LogP contribution in [-0.2, 0) is 4.79 Å². The van der Waals surface area contributed by atoms with Crippen LogP contribution in [0.5, 0.6) is 5.75 Å². The van der Waals surface area contributed by atoms with E-state index in [1.54, 1.807) is 12.0 Å². The Balaban J connectivity index is 1.73. The number of hydrogen-bond acceptors (Lipinski definition) is 5. The minimum absolute atomic E-state index is 0.0310. The Hall–Kier alpha value is -2.36. The molecule has 2 aliphatic heterocycles. The summed E-state index contributed by atoms with van der Waals surface area (Å²) in [4.78, 5) is 31.6. The van der Waals surface area contributed by atoms with Crippen LogP contribution in [0.4, 0.5) is 10.5 Å². The third kappa shape index (κ3) is 4.35. The number of ether oxygens (including phenoxy) is 1. The molecule has 0 saturated carbocycles. The summed E-state index contributed by atoms with van der Waals surface area (Å²) in [5.41, 5.74) is 3.16. The summed E-state index contributed by atoms with van der Waals surface area (Å²) in [5, 5.41) is 12.0. The van der Waals surface area contributed by atoms with Crippen LogP contribution in [0.25, 0.3) is 0 Å². The van der Waals surface area contributed by atoms with Gasteiger partial charge in [-0.05, 0) is 39.7 Å². The van der Waals surface area contributed by atoms with Gasteiger partial charge in [0.1, 0.15) is 5.75 Å². The molecular formula is C22H22BrN3O4S. The topological polar surface area (TPSA) is 91.2 Å². The fraction of sp³-hybridized carbons (Fsp3) is 0.318. The molecule has 7 nitrogen and oxygen atoms in total. The normalized spacial score (nSPS) is 19.8. The number of aliphatic hydroxyl groups is 1. The number of halogens is 1. The molecule has 2 atom stereocenters. The number of methoxy groups -OCH3 is 1. The van der Waals surface area contributed by atoms with Gasteiger partial charge in [0.2, 0.25) is 5.91 Å². The van der Waals surface area contributed by atoms with Crippen molar-refractivity contribution in [2.45, 2.75) is 6.04 Å². The first-order chi connectivity index (χ1) is 15.0. The summed E-state index contributed by atoms with van der Waals surface area (Å²) in [6, 6.07) is 12.5. The third-order valence-electron chi connectivity index (χ3n) is 5.40. The molecular weight excluding hydrogens is 482 g/mol. The SMILES string of the molecule is COc1ccc(C2NC(=O)N=C3c4ccccc4N(C(=O)CSCCO)CC32)cc1Br. The van der Waals surface area contributed by atoms with Crippen LogP contribution in [0.1, 0.15) is 17.2 Å². The molecule has 3 amide bonds. The number of fused-ring (bicyclic) bond motifs is 3. The van der Waals surface area contributed by atoms with Gasteiger partial charge in [-0.3, -0.25) is 4.79 Å². The molecule has 0 bridgehead atoms. The minimum Gasteiger partial charge on any atom is -0.496 e. The van der Waals surface area contributed by atoms with Crippen LogP contribution in [0, 0.1) is 5.92 Å². The molecule has 2 heterocycles. The highest BCUT2D eigenvalue weighted by Crippen LogP contribution is 2.39. The summed E-state index contributed by atoms with van der Waals surface area (Å²) in [6.45, 7) is 0.442. The van der Waals surface area contributed by atoms with Crippen molar-refractivity contribution in [3.8, 4) is 5.75 Å². The van der Waals surface area contributed by atoms with E-state index in [-0.39, 0.29) is 30.2 Å². The van der Waals surface area contributed by atoms with E-state index in [1.807, 2.05) is 42.5 Å².